The summed E-state index contributed by atoms with van der Waals surface area (Å²) in [6.07, 6.45) is 3.21. The predicted octanol–water partition coefficient (Wildman–Crippen LogP) is 5.75. The molecule has 4 nitrogen and oxygen atoms in total. The molecule has 1 fully saturated rings. The zero-order valence-electron chi connectivity index (χ0n) is 17.7. The summed E-state index contributed by atoms with van der Waals surface area (Å²) in [4.78, 5) is 0. The smallest absolute Gasteiger partial charge is 0.204 e. The molecule has 1 aliphatic rings. The highest BCUT2D eigenvalue weighted by Crippen LogP contribution is 2.38. The van der Waals surface area contributed by atoms with Gasteiger partial charge in [0.1, 0.15) is 18.2 Å². The summed E-state index contributed by atoms with van der Waals surface area (Å²) in [7, 11) is 0. The number of benzene rings is 3. The summed E-state index contributed by atoms with van der Waals surface area (Å²) in [5, 5.41) is 15.0. The van der Waals surface area contributed by atoms with Gasteiger partial charge in [-0.05, 0) is 54.3 Å². The fourth-order valence-corrected chi connectivity index (χ4v) is 4.43. The van der Waals surface area contributed by atoms with Crippen molar-refractivity contribution in [2.45, 2.75) is 25.4 Å². The molecule has 0 radical (unpaired) electrons. The van der Waals surface area contributed by atoms with Gasteiger partial charge in [-0.1, -0.05) is 42.5 Å². The van der Waals surface area contributed by atoms with Gasteiger partial charge in [0.15, 0.2) is 6.20 Å². The number of ether oxygens (including phenoxy) is 2. The molecular weight excluding hydrogens is 405 g/mol. The standard InChI is InChI=1S/C27H24FNO3/c28-23-8-6-20(7-9-23)26-25-11-10-24(32-18-19-4-2-1-3-5-19)16-22(25)17-29(30)27(26)21-12-14-31-15-13-21/h1-11,16-17,21H,12-15,18H2. The van der Waals surface area contributed by atoms with E-state index >= 15 is 0 Å². The van der Waals surface area contributed by atoms with Gasteiger partial charge < -0.3 is 14.7 Å². The molecule has 0 unspecified atom stereocenters. The maximum atomic E-state index is 13.6. The van der Waals surface area contributed by atoms with Crippen LogP contribution in [0.1, 0.15) is 30.0 Å². The summed E-state index contributed by atoms with van der Waals surface area (Å²) in [6, 6.07) is 22.1. The van der Waals surface area contributed by atoms with Crippen molar-refractivity contribution >= 4 is 10.8 Å². The van der Waals surface area contributed by atoms with Gasteiger partial charge in [0.05, 0.1) is 16.9 Å². The van der Waals surface area contributed by atoms with Gasteiger partial charge in [-0.3, -0.25) is 0 Å². The third kappa shape index (κ3) is 4.16. The third-order valence-corrected chi connectivity index (χ3v) is 6.03. The Morgan fingerprint density at radius 1 is 0.969 bits per heavy atom. The van der Waals surface area contributed by atoms with Crippen molar-refractivity contribution in [3.8, 4) is 16.9 Å². The topological polar surface area (TPSA) is 45.4 Å². The number of hydrogen-bond donors (Lipinski definition) is 0. The molecule has 0 amide bonds. The van der Waals surface area contributed by atoms with Crippen molar-refractivity contribution in [3.63, 3.8) is 0 Å². The van der Waals surface area contributed by atoms with Crippen LogP contribution in [0.4, 0.5) is 4.39 Å². The molecule has 5 heteroatoms. The number of rotatable bonds is 5. The Hall–Kier alpha value is -3.44. The van der Waals surface area contributed by atoms with E-state index in [1.165, 1.54) is 12.1 Å². The van der Waals surface area contributed by atoms with Gasteiger partial charge in [0, 0.05) is 18.6 Å². The van der Waals surface area contributed by atoms with Crippen molar-refractivity contribution in [3.05, 3.63) is 101 Å². The normalized spacial score (nSPS) is 14.5. The summed E-state index contributed by atoms with van der Waals surface area (Å²) in [5.41, 5.74) is 3.50. The van der Waals surface area contributed by atoms with Crippen LogP contribution in [0.5, 0.6) is 5.75 Å². The predicted molar refractivity (Wildman–Crippen MR) is 122 cm³/mol. The Morgan fingerprint density at radius 2 is 1.72 bits per heavy atom. The van der Waals surface area contributed by atoms with Crippen molar-refractivity contribution < 1.29 is 18.6 Å². The van der Waals surface area contributed by atoms with E-state index in [1.807, 2.05) is 48.5 Å². The van der Waals surface area contributed by atoms with E-state index < -0.39 is 0 Å². The van der Waals surface area contributed by atoms with Gasteiger partial charge in [-0.15, -0.1) is 0 Å². The average Bonchev–Trinajstić information content (AvgIpc) is 2.83. The second kappa shape index (κ2) is 8.97. The van der Waals surface area contributed by atoms with Crippen LogP contribution in [0.3, 0.4) is 0 Å². The van der Waals surface area contributed by atoms with Crippen LogP contribution in [0.15, 0.2) is 79.0 Å². The fourth-order valence-electron chi connectivity index (χ4n) is 4.43. The molecule has 0 bridgehead atoms. The lowest BCUT2D eigenvalue weighted by Crippen LogP contribution is -2.36. The molecule has 162 valence electrons. The molecule has 0 aliphatic carbocycles. The molecule has 1 aliphatic heterocycles. The Bertz CT molecular complexity index is 1220. The molecule has 32 heavy (non-hydrogen) atoms. The Balaban J connectivity index is 1.59. The molecule has 0 N–H and O–H groups in total. The molecule has 0 atom stereocenters. The Morgan fingerprint density at radius 3 is 2.47 bits per heavy atom. The fraction of sp³-hybridized carbons (Fsp3) is 0.222. The van der Waals surface area contributed by atoms with Gasteiger partial charge in [-0.25, -0.2) is 4.39 Å². The summed E-state index contributed by atoms with van der Waals surface area (Å²) >= 11 is 0. The molecule has 4 aromatic rings. The van der Waals surface area contributed by atoms with Crippen LogP contribution in [-0.2, 0) is 11.3 Å². The van der Waals surface area contributed by atoms with E-state index in [-0.39, 0.29) is 11.7 Å². The minimum Gasteiger partial charge on any atom is -0.618 e. The van der Waals surface area contributed by atoms with E-state index in [0.717, 1.165) is 50.7 Å². The molecular formula is C27H24FNO3. The molecule has 2 heterocycles. The van der Waals surface area contributed by atoms with Crippen LogP contribution in [-0.4, -0.2) is 13.2 Å². The third-order valence-electron chi connectivity index (χ3n) is 6.03. The van der Waals surface area contributed by atoms with E-state index in [4.69, 9.17) is 9.47 Å². The van der Waals surface area contributed by atoms with Gasteiger partial charge in [0.2, 0.25) is 5.69 Å². The second-order valence-corrected chi connectivity index (χ2v) is 8.13. The lowest BCUT2D eigenvalue weighted by molar-refractivity contribution is -0.613. The molecule has 0 saturated carbocycles. The minimum absolute atomic E-state index is 0.0970. The van der Waals surface area contributed by atoms with Crippen molar-refractivity contribution in [2.24, 2.45) is 0 Å². The van der Waals surface area contributed by atoms with Crippen LogP contribution >= 0.6 is 0 Å². The summed E-state index contributed by atoms with van der Waals surface area (Å²) < 4.78 is 26.1. The SMILES string of the molecule is [O-][n+]1cc2cc(OCc3ccccc3)ccc2c(-c2ccc(F)cc2)c1C1CCOCC1. The zero-order chi connectivity index (χ0) is 21.9. The minimum atomic E-state index is -0.298. The number of nitrogens with zero attached hydrogens (tertiary/aromatic N) is 1. The van der Waals surface area contributed by atoms with Crippen molar-refractivity contribution in [1.82, 2.24) is 0 Å². The monoisotopic (exact) mass is 429 g/mol. The first-order valence-corrected chi connectivity index (χ1v) is 10.9. The maximum Gasteiger partial charge on any atom is 0.204 e. The van der Waals surface area contributed by atoms with E-state index in [9.17, 15) is 9.60 Å². The summed E-state index contributed by atoms with van der Waals surface area (Å²) in [6.45, 7) is 1.73. The summed E-state index contributed by atoms with van der Waals surface area (Å²) in [5.74, 6) is 0.498. The molecule has 1 aromatic heterocycles. The number of hydrogen-bond acceptors (Lipinski definition) is 3. The molecule has 1 saturated heterocycles. The Kier molecular flexibility index (Phi) is 5.73. The highest BCUT2D eigenvalue weighted by atomic mass is 19.1. The number of fused-ring (bicyclic) bond motifs is 1. The van der Waals surface area contributed by atoms with Gasteiger partial charge in [-0.2, -0.15) is 4.73 Å². The van der Waals surface area contributed by atoms with Crippen LogP contribution in [0.2, 0.25) is 0 Å². The maximum absolute atomic E-state index is 13.6. The lowest BCUT2D eigenvalue weighted by Gasteiger charge is -2.24. The highest BCUT2D eigenvalue weighted by Gasteiger charge is 2.29. The molecule has 3 aromatic carbocycles. The first kappa shape index (κ1) is 20.5. The number of halogens is 1. The van der Waals surface area contributed by atoms with Crippen molar-refractivity contribution in [1.29, 1.82) is 0 Å². The Labute approximate surface area is 186 Å². The molecule has 0 spiro atoms. The number of aromatic nitrogens is 1. The van der Waals surface area contributed by atoms with Crippen LogP contribution < -0.4 is 9.47 Å². The van der Waals surface area contributed by atoms with E-state index in [2.05, 4.69) is 0 Å². The first-order chi connectivity index (χ1) is 15.7. The van der Waals surface area contributed by atoms with Crippen molar-refractivity contribution in [2.75, 3.05) is 13.2 Å². The number of pyridine rings is 1. The molecule has 5 rings (SSSR count). The van der Waals surface area contributed by atoms with Crippen LogP contribution in [0, 0.1) is 11.0 Å². The first-order valence-electron chi connectivity index (χ1n) is 10.9. The second-order valence-electron chi connectivity index (χ2n) is 8.13. The largest absolute Gasteiger partial charge is 0.618 e. The van der Waals surface area contributed by atoms with E-state index in [0.29, 0.717) is 25.6 Å². The van der Waals surface area contributed by atoms with Gasteiger partial charge in [0.25, 0.3) is 0 Å². The average molecular weight is 429 g/mol. The zero-order valence-corrected chi connectivity index (χ0v) is 17.7. The van der Waals surface area contributed by atoms with Gasteiger partial charge >= 0.3 is 0 Å². The highest BCUT2D eigenvalue weighted by molar-refractivity contribution is 5.97. The quantitative estimate of drug-likeness (QED) is 0.300. The lowest BCUT2D eigenvalue weighted by atomic mass is 9.87. The van der Waals surface area contributed by atoms with E-state index in [1.54, 1.807) is 18.3 Å². The van der Waals surface area contributed by atoms with Crippen LogP contribution in [0.25, 0.3) is 21.9 Å².